The van der Waals surface area contributed by atoms with Gasteiger partial charge in [0.2, 0.25) is 0 Å². The molecule has 0 unspecified atom stereocenters. The summed E-state index contributed by atoms with van der Waals surface area (Å²) in [6.07, 6.45) is -0.847. The van der Waals surface area contributed by atoms with Crippen LogP contribution in [0.5, 0.6) is 11.5 Å². The van der Waals surface area contributed by atoms with E-state index in [1.54, 1.807) is 45.0 Å². The fourth-order valence-electron chi connectivity index (χ4n) is 1.84. The van der Waals surface area contributed by atoms with E-state index >= 15 is 0 Å². The van der Waals surface area contributed by atoms with E-state index in [9.17, 15) is 9.59 Å². The molecule has 0 bridgehead atoms. The summed E-state index contributed by atoms with van der Waals surface area (Å²) in [6.45, 7) is 4.99. The number of para-hydroxylation sites is 1. The molecule has 0 aliphatic heterocycles. The fraction of sp³-hybridized carbons (Fsp3) is 0.263. The van der Waals surface area contributed by atoms with E-state index in [2.05, 4.69) is 5.32 Å². The molecule has 126 valence electrons. The van der Waals surface area contributed by atoms with Crippen molar-refractivity contribution in [1.82, 2.24) is 0 Å². The van der Waals surface area contributed by atoms with Crippen molar-refractivity contribution in [3.63, 3.8) is 0 Å². The van der Waals surface area contributed by atoms with E-state index in [4.69, 9.17) is 9.47 Å². The van der Waals surface area contributed by atoms with Crippen molar-refractivity contribution in [2.24, 2.45) is 5.92 Å². The smallest absolute Gasteiger partial charge is 0.309 e. The van der Waals surface area contributed by atoms with Crippen LogP contribution in [0.3, 0.4) is 0 Å². The van der Waals surface area contributed by atoms with Crippen LogP contribution >= 0.6 is 0 Å². The molecule has 1 atom stereocenters. The van der Waals surface area contributed by atoms with Crippen molar-refractivity contribution >= 4 is 17.6 Å². The Balaban J connectivity index is 1.91. The molecule has 0 aromatic heterocycles. The molecule has 1 N–H and O–H groups in total. The molecule has 0 spiro atoms. The summed E-state index contributed by atoms with van der Waals surface area (Å²) < 4.78 is 10.8. The Morgan fingerprint density at radius 3 is 2.04 bits per heavy atom. The van der Waals surface area contributed by atoms with Gasteiger partial charge in [-0.2, -0.15) is 0 Å². The first-order chi connectivity index (χ1) is 11.5. The van der Waals surface area contributed by atoms with Gasteiger partial charge in [-0.1, -0.05) is 32.0 Å². The second-order valence-electron chi connectivity index (χ2n) is 5.66. The quantitative estimate of drug-likeness (QED) is 0.814. The number of benzene rings is 2. The number of anilines is 1. The zero-order chi connectivity index (χ0) is 17.5. The Morgan fingerprint density at radius 1 is 0.875 bits per heavy atom. The van der Waals surface area contributed by atoms with Gasteiger partial charge in [0, 0.05) is 5.69 Å². The maximum absolute atomic E-state index is 12.0. The maximum Gasteiger partial charge on any atom is 0.309 e. The molecule has 0 aliphatic carbocycles. The zero-order valence-electron chi connectivity index (χ0n) is 14.0. The summed E-state index contributed by atoms with van der Waals surface area (Å²) >= 11 is 0. The van der Waals surface area contributed by atoms with Crippen LogP contribution in [-0.2, 0) is 14.3 Å². The molecule has 5 heteroatoms. The lowest BCUT2D eigenvalue weighted by atomic mass is 10.2. The van der Waals surface area contributed by atoms with E-state index in [1.807, 2.05) is 30.3 Å². The molecular formula is C19H21NO4. The number of rotatable bonds is 6. The molecular weight excluding hydrogens is 306 g/mol. The third kappa shape index (κ3) is 5.12. The van der Waals surface area contributed by atoms with Gasteiger partial charge in [0.15, 0.2) is 6.10 Å². The molecule has 1 amide bonds. The topological polar surface area (TPSA) is 64.6 Å². The molecule has 24 heavy (non-hydrogen) atoms. The lowest BCUT2D eigenvalue weighted by Crippen LogP contribution is -2.31. The number of hydrogen-bond acceptors (Lipinski definition) is 4. The van der Waals surface area contributed by atoms with Gasteiger partial charge in [0.05, 0.1) is 5.92 Å². The number of ether oxygens (including phenoxy) is 2. The molecule has 0 radical (unpaired) electrons. The predicted molar refractivity (Wildman–Crippen MR) is 92.0 cm³/mol. The van der Waals surface area contributed by atoms with Crippen LogP contribution in [0, 0.1) is 5.92 Å². The molecule has 0 aliphatic rings. The van der Waals surface area contributed by atoms with Crippen LogP contribution in [0.4, 0.5) is 5.69 Å². The highest BCUT2D eigenvalue weighted by Gasteiger charge is 2.19. The Bertz CT molecular complexity index is 680. The Morgan fingerprint density at radius 2 is 1.46 bits per heavy atom. The fourth-order valence-corrected chi connectivity index (χ4v) is 1.84. The first-order valence-corrected chi connectivity index (χ1v) is 7.80. The van der Waals surface area contributed by atoms with Gasteiger partial charge >= 0.3 is 5.97 Å². The highest BCUT2D eigenvalue weighted by atomic mass is 16.5. The molecule has 5 nitrogen and oxygen atoms in total. The van der Waals surface area contributed by atoms with Crippen LogP contribution in [-0.4, -0.2) is 18.0 Å². The minimum absolute atomic E-state index is 0.269. The number of carbonyl (C=O) groups is 2. The number of hydrogen-bond donors (Lipinski definition) is 1. The summed E-state index contributed by atoms with van der Waals surface area (Å²) in [4.78, 5) is 23.5. The number of esters is 1. The van der Waals surface area contributed by atoms with E-state index in [1.165, 1.54) is 0 Å². The van der Waals surface area contributed by atoms with Crippen LogP contribution in [0.25, 0.3) is 0 Å². The highest BCUT2D eigenvalue weighted by molar-refractivity contribution is 5.95. The van der Waals surface area contributed by atoms with E-state index < -0.39 is 12.1 Å². The number of amides is 1. The van der Waals surface area contributed by atoms with Crippen molar-refractivity contribution in [1.29, 1.82) is 0 Å². The largest absolute Gasteiger partial charge is 0.457 e. The molecule has 0 saturated carbocycles. The lowest BCUT2D eigenvalue weighted by Gasteiger charge is -2.15. The lowest BCUT2D eigenvalue weighted by molar-refractivity contribution is -0.156. The van der Waals surface area contributed by atoms with Crippen LogP contribution in [0.2, 0.25) is 0 Å². The minimum Gasteiger partial charge on any atom is -0.457 e. The van der Waals surface area contributed by atoms with E-state index in [0.29, 0.717) is 11.4 Å². The highest BCUT2D eigenvalue weighted by Crippen LogP contribution is 2.22. The van der Waals surface area contributed by atoms with Gasteiger partial charge in [-0.3, -0.25) is 9.59 Å². The summed E-state index contributed by atoms with van der Waals surface area (Å²) in [7, 11) is 0. The van der Waals surface area contributed by atoms with Gasteiger partial charge in [-0.05, 0) is 43.3 Å². The number of carbonyl (C=O) groups excluding carboxylic acids is 2. The van der Waals surface area contributed by atoms with Crippen LogP contribution in [0.1, 0.15) is 20.8 Å². The maximum atomic E-state index is 12.0. The second-order valence-corrected chi connectivity index (χ2v) is 5.66. The molecule has 0 fully saturated rings. The average molecular weight is 327 g/mol. The second kappa shape index (κ2) is 8.15. The molecule has 0 saturated heterocycles. The van der Waals surface area contributed by atoms with Gasteiger partial charge in [-0.15, -0.1) is 0 Å². The predicted octanol–water partition coefficient (Wildman–Crippen LogP) is 4.01. The van der Waals surface area contributed by atoms with Gasteiger partial charge < -0.3 is 14.8 Å². The Labute approximate surface area is 141 Å². The Kier molecular flexibility index (Phi) is 5.95. The number of nitrogens with one attached hydrogen (secondary N) is 1. The van der Waals surface area contributed by atoms with Gasteiger partial charge in [0.1, 0.15) is 11.5 Å². The molecule has 0 heterocycles. The first kappa shape index (κ1) is 17.5. The molecule has 2 rings (SSSR count). The van der Waals surface area contributed by atoms with Crippen molar-refractivity contribution in [2.75, 3.05) is 5.32 Å². The molecule has 2 aromatic carbocycles. The van der Waals surface area contributed by atoms with E-state index in [0.717, 1.165) is 5.75 Å². The summed E-state index contributed by atoms with van der Waals surface area (Å²) in [5.74, 6) is 0.363. The minimum atomic E-state index is -0.847. The normalized spacial score (nSPS) is 11.7. The summed E-state index contributed by atoms with van der Waals surface area (Å²) in [6, 6.07) is 16.4. The zero-order valence-corrected chi connectivity index (χ0v) is 14.0. The van der Waals surface area contributed by atoms with Crippen molar-refractivity contribution in [3.8, 4) is 11.5 Å². The third-order valence-corrected chi connectivity index (χ3v) is 3.23. The van der Waals surface area contributed by atoms with Crippen molar-refractivity contribution in [2.45, 2.75) is 26.9 Å². The Hall–Kier alpha value is -2.82. The molecule has 2 aromatic rings. The van der Waals surface area contributed by atoms with E-state index in [-0.39, 0.29) is 11.8 Å². The SMILES string of the molecule is CC(C)C(=O)O[C@@H](C)C(=O)Nc1ccc(Oc2ccccc2)cc1. The third-order valence-electron chi connectivity index (χ3n) is 3.23. The summed E-state index contributed by atoms with van der Waals surface area (Å²) in [5.41, 5.74) is 0.604. The summed E-state index contributed by atoms with van der Waals surface area (Å²) in [5, 5.41) is 2.71. The first-order valence-electron chi connectivity index (χ1n) is 7.80. The average Bonchev–Trinajstić information content (AvgIpc) is 2.57. The monoisotopic (exact) mass is 327 g/mol. The van der Waals surface area contributed by atoms with Crippen molar-refractivity contribution < 1.29 is 19.1 Å². The van der Waals surface area contributed by atoms with Crippen LogP contribution < -0.4 is 10.1 Å². The van der Waals surface area contributed by atoms with Crippen molar-refractivity contribution in [3.05, 3.63) is 54.6 Å². The van der Waals surface area contributed by atoms with Gasteiger partial charge in [-0.25, -0.2) is 0 Å². The van der Waals surface area contributed by atoms with Gasteiger partial charge in [0.25, 0.3) is 5.91 Å². The van der Waals surface area contributed by atoms with Crippen LogP contribution in [0.15, 0.2) is 54.6 Å². The standard InChI is InChI=1S/C19H21NO4/c1-13(2)19(22)23-14(3)18(21)20-15-9-11-17(12-10-15)24-16-7-5-4-6-8-16/h4-14H,1-3H3,(H,20,21)/t14-/m0/s1.